The first-order chi connectivity index (χ1) is 10.5. The Hall–Kier alpha value is -1.38. The lowest BCUT2D eigenvalue weighted by Gasteiger charge is -2.23. The van der Waals surface area contributed by atoms with Gasteiger partial charge in [-0.3, -0.25) is 9.39 Å². The highest BCUT2D eigenvalue weighted by atomic mass is 127. The zero-order valence-electron chi connectivity index (χ0n) is 14.3. The molecule has 0 aliphatic rings. The van der Waals surface area contributed by atoms with E-state index in [2.05, 4.69) is 53.5 Å². The van der Waals surface area contributed by atoms with E-state index in [4.69, 9.17) is 0 Å². The summed E-state index contributed by atoms with van der Waals surface area (Å²) in [4.78, 5) is 4.62. The number of pyridine rings is 1. The minimum Gasteiger partial charge on any atom is -0.357 e. The van der Waals surface area contributed by atoms with Crippen molar-refractivity contribution in [3.8, 4) is 0 Å². The topological polar surface area (TPSA) is 66.6 Å². The van der Waals surface area contributed by atoms with Crippen LogP contribution in [0.15, 0.2) is 29.4 Å². The Labute approximate surface area is 155 Å². The third kappa shape index (κ3) is 6.32. The molecule has 0 bridgehead atoms. The molecule has 0 aliphatic carbocycles. The van der Waals surface area contributed by atoms with Crippen LogP contribution in [0.2, 0.25) is 0 Å². The molecule has 2 heterocycles. The van der Waals surface area contributed by atoms with Crippen molar-refractivity contribution < 1.29 is 0 Å². The first-order valence-electron chi connectivity index (χ1n) is 7.85. The summed E-state index contributed by atoms with van der Waals surface area (Å²) in [5, 5.41) is 15.1. The van der Waals surface area contributed by atoms with E-state index in [1.165, 1.54) is 0 Å². The third-order valence-corrected chi connectivity index (χ3v) is 3.05. The van der Waals surface area contributed by atoms with Crippen LogP contribution in [0.5, 0.6) is 0 Å². The van der Waals surface area contributed by atoms with Gasteiger partial charge in [-0.25, -0.2) is 0 Å². The van der Waals surface area contributed by atoms with E-state index in [0.29, 0.717) is 0 Å². The Kier molecular flexibility index (Phi) is 7.74. The molecule has 0 fully saturated rings. The number of hydrogen-bond acceptors (Lipinski definition) is 3. The van der Waals surface area contributed by atoms with Crippen molar-refractivity contribution >= 4 is 35.6 Å². The maximum absolute atomic E-state index is 4.62. The molecule has 0 atom stereocenters. The number of aromatic nitrogens is 3. The molecular weight excluding hydrogens is 403 g/mol. The van der Waals surface area contributed by atoms with Crippen LogP contribution in [0.4, 0.5) is 0 Å². The van der Waals surface area contributed by atoms with E-state index in [9.17, 15) is 0 Å². The Morgan fingerprint density at radius 1 is 1.26 bits per heavy atom. The number of aryl methyl sites for hydroxylation is 1. The van der Waals surface area contributed by atoms with Gasteiger partial charge in [0.25, 0.3) is 0 Å². The van der Waals surface area contributed by atoms with Crippen molar-refractivity contribution in [2.24, 2.45) is 4.99 Å². The summed E-state index contributed by atoms with van der Waals surface area (Å²) >= 11 is 0. The van der Waals surface area contributed by atoms with E-state index in [1.807, 2.05) is 28.8 Å². The fourth-order valence-corrected chi connectivity index (χ4v) is 2.15. The van der Waals surface area contributed by atoms with Crippen LogP contribution in [0.3, 0.4) is 0 Å². The molecule has 2 rings (SSSR count). The quantitative estimate of drug-likeness (QED) is 0.331. The molecule has 0 amide bonds. The molecule has 0 aliphatic heterocycles. The Morgan fingerprint density at radius 3 is 2.74 bits per heavy atom. The molecule has 6 nitrogen and oxygen atoms in total. The monoisotopic (exact) mass is 430 g/mol. The van der Waals surface area contributed by atoms with Crippen molar-refractivity contribution in [1.29, 1.82) is 0 Å². The minimum absolute atomic E-state index is 0. The molecule has 0 saturated carbocycles. The summed E-state index contributed by atoms with van der Waals surface area (Å²) in [5.74, 6) is 1.85. The number of aliphatic imine (C=N–C) groups is 1. The number of nitrogens with one attached hydrogen (secondary N) is 2. The van der Waals surface area contributed by atoms with Crippen LogP contribution in [0.25, 0.3) is 5.65 Å². The van der Waals surface area contributed by atoms with Gasteiger partial charge in [-0.2, -0.15) is 0 Å². The van der Waals surface area contributed by atoms with Gasteiger partial charge < -0.3 is 10.6 Å². The van der Waals surface area contributed by atoms with E-state index in [0.717, 1.165) is 43.4 Å². The summed E-state index contributed by atoms with van der Waals surface area (Å²) in [6.45, 7) is 10.1. The number of nitrogens with zero attached hydrogens (tertiary/aromatic N) is 4. The average molecular weight is 430 g/mol. The van der Waals surface area contributed by atoms with Gasteiger partial charge in [-0.15, -0.1) is 34.2 Å². The molecular formula is C16H27IN6. The SMILES string of the molecule is CCNC(=NCCCc1nnc2ccccn12)NC(C)(C)C.I. The molecule has 2 aromatic heterocycles. The first-order valence-corrected chi connectivity index (χ1v) is 7.85. The highest BCUT2D eigenvalue weighted by molar-refractivity contribution is 14.0. The lowest BCUT2D eigenvalue weighted by atomic mass is 10.1. The predicted molar refractivity (Wildman–Crippen MR) is 106 cm³/mol. The maximum Gasteiger partial charge on any atom is 0.191 e. The predicted octanol–water partition coefficient (Wildman–Crippen LogP) is 2.63. The number of halogens is 1. The van der Waals surface area contributed by atoms with Gasteiger partial charge in [-0.05, 0) is 46.2 Å². The summed E-state index contributed by atoms with van der Waals surface area (Å²) in [6, 6.07) is 5.93. The van der Waals surface area contributed by atoms with Crippen LogP contribution in [-0.4, -0.2) is 39.2 Å². The number of hydrogen-bond donors (Lipinski definition) is 2. The highest BCUT2D eigenvalue weighted by Gasteiger charge is 2.11. The van der Waals surface area contributed by atoms with E-state index < -0.39 is 0 Å². The van der Waals surface area contributed by atoms with Gasteiger partial charge in [0.2, 0.25) is 0 Å². The summed E-state index contributed by atoms with van der Waals surface area (Å²) in [7, 11) is 0. The first kappa shape index (κ1) is 19.7. The lowest BCUT2D eigenvalue weighted by Crippen LogP contribution is -2.47. The van der Waals surface area contributed by atoms with Crippen LogP contribution in [0.1, 0.15) is 39.9 Å². The molecule has 128 valence electrons. The zero-order chi connectivity index (χ0) is 16.0. The summed E-state index contributed by atoms with van der Waals surface area (Å²) < 4.78 is 2.03. The van der Waals surface area contributed by atoms with Gasteiger partial charge >= 0.3 is 0 Å². The van der Waals surface area contributed by atoms with E-state index in [1.54, 1.807) is 0 Å². The van der Waals surface area contributed by atoms with Crippen molar-refractivity contribution in [2.45, 2.75) is 46.1 Å². The maximum atomic E-state index is 4.62. The minimum atomic E-state index is 0. The lowest BCUT2D eigenvalue weighted by molar-refractivity contribution is 0.501. The van der Waals surface area contributed by atoms with Crippen molar-refractivity contribution in [3.05, 3.63) is 30.2 Å². The van der Waals surface area contributed by atoms with E-state index in [-0.39, 0.29) is 29.5 Å². The standard InChI is InChI=1S/C16H26N6.HI/c1-5-17-15(19-16(2,3)4)18-11-8-10-14-21-20-13-9-6-7-12-22(13)14;/h6-7,9,12H,5,8,10-11H2,1-4H3,(H2,17,18,19);1H. The average Bonchev–Trinajstić information content (AvgIpc) is 2.85. The van der Waals surface area contributed by atoms with E-state index >= 15 is 0 Å². The number of fused-ring (bicyclic) bond motifs is 1. The third-order valence-electron chi connectivity index (χ3n) is 3.05. The molecule has 0 unspecified atom stereocenters. The smallest absolute Gasteiger partial charge is 0.191 e. The molecule has 0 saturated heterocycles. The van der Waals surface area contributed by atoms with Gasteiger partial charge in [0.15, 0.2) is 11.6 Å². The zero-order valence-corrected chi connectivity index (χ0v) is 16.7. The van der Waals surface area contributed by atoms with Crippen molar-refractivity contribution in [2.75, 3.05) is 13.1 Å². The fourth-order valence-electron chi connectivity index (χ4n) is 2.15. The van der Waals surface area contributed by atoms with Gasteiger partial charge in [-0.1, -0.05) is 6.07 Å². The Bertz CT molecular complexity index is 629. The van der Waals surface area contributed by atoms with Crippen molar-refractivity contribution in [1.82, 2.24) is 25.2 Å². The molecule has 7 heteroatoms. The Balaban J connectivity index is 0.00000264. The number of rotatable bonds is 5. The number of guanidine groups is 1. The second kappa shape index (κ2) is 9.05. The van der Waals surface area contributed by atoms with Gasteiger partial charge in [0.1, 0.15) is 5.82 Å². The van der Waals surface area contributed by atoms with Crippen LogP contribution >= 0.6 is 24.0 Å². The van der Waals surface area contributed by atoms with Crippen LogP contribution in [0, 0.1) is 0 Å². The summed E-state index contributed by atoms with van der Waals surface area (Å²) in [6.07, 6.45) is 3.80. The molecule has 0 radical (unpaired) electrons. The molecule has 23 heavy (non-hydrogen) atoms. The molecule has 0 aromatic carbocycles. The Morgan fingerprint density at radius 2 is 2.04 bits per heavy atom. The van der Waals surface area contributed by atoms with Crippen LogP contribution in [-0.2, 0) is 6.42 Å². The van der Waals surface area contributed by atoms with Gasteiger partial charge in [0.05, 0.1) is 0 Å². The van der Waals surface area contributed by atoms with Crippen molar-refractivity contribution in [3.63, 3.8) is 0 Å². The summed E-state index contributed by atoms with van der Waals surface area (Å²) in [5.41, 5.74) is 0.897. The molecule has 0 spiro atoms. The fraction of sp³-hybridized carbons (Fsp3) is 0.562. The highest BCUT2D eigenvalue weighted by Crippen LogP contribution is 2.05. The second-order valence-electron chi connectivity index (χ2n) is 6.28. The molecule has 2 N–H and O–H groups in total. The molecule has 2 aromatic rings. The second-order valence-corrected chi connectivity index (χ2v) is 6.28. The normalized spacial score (nSPS) is 12.1. The van der Waals surface area contributed by atoms with Gasteiger partial charge in [0, 0.05) is 31.2 Å². The largest absolute Gasteiger partial charge is 0.357 e. The van der Waals surface area contributed by atoms with Crippen LogP contribution < -0.4 is 10.6 Å².